The van der Waals surface area contributed by atoms with E-state index < -0.39 is 0 Å². The molecule has 0 saturated carbocycles. The molecule has 0 radical (unpaired) electrons. The molecule has 4 heteroatoms. The molecular weight excluding hydrogens is 196 g/mol. The molecule has 0 aromatic heterocycles. The van der Waals surface area contributed by atoms with E-state index in [1.165, 1.54) is 0 Å². The smallest absolute Gasteiger partial charge is 0.156 e. The van der Waals surface area contributed by atoms with Gasteiger partial charge in [0, 0.05) is 17.9 Å². The molecule has 0 bridgehead atoms. The maximum Gasteiger partial charge on any atom is 0.156 e. The lowest BCUT2D eigenvalue weighted by Gasteiger charge is -2.06. The van der Waals surface area contributed by atoms with E-state index in [1.54, 1.807) is 17.8 Å². The molecule has 0 aliphatic carbocycles. The number of aliphatic imine (C=N–C) groups is 1. The van der Waals surface area contributed by atoms with Gasteiger partial charge in [0.1, 0.15) is 5.75 Å². The Labute approximate surface area is 87.2 Å². The Hall–Kier alpha value is -1.16. The van der Waals surface area contributed by atoms with Crippen LogP contribution in [-0.4, -0.2) is 22.6 Å². The van der Waals surface area contributed by atoms with E-state index >= 15 is 0 Å². The molecule has 74 valence electrons. The van der Waals surface area contributed by atoms with Crippen molar-refractivity contribution in [1.29, 1.82) is 0 Å². The topological polar surface area (TPSA) is 44.6 Å². The maximum absolute atomic E-state index is 9.50. The van der Waals surface area contributed by atoms with Crippen LogP contribution in [0.4, 0.5) is 0 Å². The number of nitrogens with one attached hydrogen (secondary N) is 1. The predicted octanol–water partition coefficient (Wildman–Crippen LogP) is 1.58. The number of benzene rings is 1. The number of amidine groups is 1. The molecule has 1 aliphatic rings. The maximum atomic E-state index is 9.50. The molecule has 1 aromatic rings. The van der Waals surface area contributed by atoms with Crippen LogP contribution in [0.25, 0.3) is 0 Å². The number of para-hydroxylation sites is 1. The first-order valence-electron chi connectivity index (χ1n) is 4.54. The summed E-state index contributed by atoms with van der Waals surface area (Å²) in [6.07, 6.45) is 0. The van der Waals surface area contributed by atoms with Gasteiger partial charge in [0.2, 0.25) is 0 Å². The summed E-state index contributed by atoms with van der Waals surface area (Å²) in [5, 5.41) is 13.7. The highest BCUT2D eigenvalue weighted by Gasteiger charge is 2.06. The number of hydrogen-bond donors (Lipinski definition) is 2. The summed E-state index contributed by atoms with van der Waals surface area (Å²) in [6.45, 7) is 1.53. The van der Waals surface area contributed by atoms with Gasteiger partial charge in [-0.3, -0.25) is 4.99 Å². The van der Waals surface area contributed by atoms with Crippen molar-refractivity contribution in [3.63, 3.8) is 0 Å². The molecule has 0 saturated heterocycles. The van der Waals surface area contributed by atoms with E-state index in [1.807, 2.05) is 18.2 Å². The Morgan fingerprint density at radius 3 is 3.00 bits per heavy atom. The number of phenols is 1. The van der Waals surface area contributed by atoms with E-state index in [2.05, 4.69) is 10.3 Å². The van der Waals surface area contributed by atoms with Crippen LogP contribution in [-0.2, 0) is 6.54 Å². The summed E-state index contributed by atoms with van der Waals surface area (Å²) in [5.41, 5.74) is 0.905. The van der Waals surface area contributed by atoms with Crippen LogP contribution in [0.2, 0.25) is 0 Å². The van der Waals surface area contributed by atoms with Crippen molar-refractivity contribution in [2.75, 3.05) is 12.3 Å². The summed E-state index contributed by atoms with van der Waals surface area (Å²) in [7, 11) is 0. The Bertz CT molecular complexity index is 352. The van der Waals surface area contributed by atoms with Gasteiger partial charge < -0.3 is 10.4 Å². The van der Waals surface area contributed by atoms with E-state index in [0.29, 0.717) is 12.3 Å². The molecule has 1 heterocycles. The fraction of sp³-hybridized carbons (Fsp3) is 0.300. The fourth-order valence-corrected chi connectivity index (χ4v) is 2.01. The van der Waals surface area contributed by atoms with Gasteiger partial charge in [-0.15, -0.1) is 0 Å². The Morgan fingerprint density at radius 1 is 1.43 bits per heavy atom. The molecule has 1 aliphatic heterocycles. The highest BCUT2D eigenvalue weighted by Crippen LogP contribution is 2.16. The molecule has 2 rings (SSSR count). The van der Waals surface area contributed by atoms with Crippen molar-refractivity contribution in [3.8, 4) is 5.75 Å². The third-order valence-electron chi connectivity index (χ3n) is 2.01. The SMILES string of the molecule is Oc1ccccc1CNC1=NCCS1. The molecule has 1 aromatic carbocycles. The molecule has 0 unspecified atom stereocenters. The number of nitrogens with zero attached hydrogens (tertiary/aromatic N) is 1. The minimum absolute atomic E-state index is 0.337. The number of thioether (sulfide) groups is 1. The van der Waals surface area contributed by atoms with Gasteiger partial charge in [-0.25, -0.2) is 0 Å². The van der Waals surface area contributed by atoms with Crippen molar-refractivity contribution in [3.05, 3.63) is 29.8 Å². The van der Waals surface area contributed by atoms with Crippen molar-refractivity contribution >= 4 is 16.9 Å². The molecule has 0 amide bonds. The monoisotopic (exact) mass is 208 g/mol. The standard InChI is InChI=1S/C10H12N2OS/c13-9-4-2-1-3-8(9)7-12-10-11-5-6-14-10/h1-4,13H,5-7H2,(H,11,12). The lowest BCUT2D eigenvalue weighted by Crippen LogP contribution is -2.18. The zero-order chi connectivity index (χ0) is 9.80. The van der Waals surface area contributed by atoms with Gasteiger partial charge in [0.25, 0.3) is 0 Å². The highest BCUT2D eigenvalue weighted by atomic mass is 32.2. The van der Waals surface area contributed by atoms with Crippen LogP contribution in [0.5, 0.6) is 5.75 Å². The first kappa shape index (κ1) is 9.40. The lowest BCUT2D eigenvalue weighted by atomic mass is 10.2. The molecule has 3 nitrogen and oxygen atoms in total. The second-order valence-electron chi connectivity index (χ2n) is 3.02. The van der Waals surface area contributed by atoms with Crippen molar-refractivity contribution < 1.29 is 5.11 Å². The number of hydrogen-bond acceptors (Lipinski definition) is 4. The van der Waals surface area contributed by atoms with Crippen LogP contribution >= 0.6 is 11.8 Å². The highest BCUT2D eigenvalue weighted by molar-refractivity contribution is 8.14. The minimum atomic E-state index is 0.337. The summed E-state index contributed by atoms with van der Waals surface area (Å²) in [5.74, 6) is 1.40. The second-order valence-corrected chi connectivity index (χ2v) is 4.10. The molecule has 0 atom stereocenters. The van der Waals surface area contributed by atoms with Crippen molar-refractivity contribution in [2.45, 2.75) is 6.54 Å². The van der Waals surface area contributed by atoms with Gasteiger partial charge in [-0.1, -0.05) is 30.0 Å². The zero-order valence-corrected chi connectivity index (χ0v) is 8.55. The third-order valence-corrected chi connectivity index (χ3v) is 2.94. The first-order chi connectivity index (χ1) is 6.86. The van der Waals surface area contributed by atoms with Crippen LogP contribution in [0.15, 0.2) is 29.3 Å². The quantitative estimate of drug-likeness (QED) is 0.775. The van der Waals surface area contributed by atoms with E-state index in [4.69, 9.17) is 0 Å². The minimum Gasteiger partial charge on any atom is -0.508 e. The average Bonchev–Trinajstić information content (AvgIpc) is 2.69. The fourth-order valence-electron chi connectivity index (χ4n) is 1.27. The summed E-state index contributed by atoms with van der Waals surface area (Å²) < 4.78 is 0. The van der Waals surface area contributed by atoms with Gasteiger partial charge in [-0.05, 0) is 6.07 Å². The van der Waals surface area contributed by atoms with Gasteiger partial charge in [-0.2, -0.15) is 0 Å². The summed E-state index contributed by atoms with van der Waals surface area (Å²) >= 11 is 1.72. The van der Waals surface area contributed by atoms with Crippen LogP contribution in [0, 0.1) is 0 Å². The largest absolute Gasteiger partial charge is 0.508 e. The van der Waals surface area contributed by atoms with Crippen molar-refractivity contribution in [2.24, 2.45) is 4.99 Å². The summed E-state index contributed by atoms with van der Waals surface area (Å²) in [4.78, 5) is 4.27. The van der Waals surface area contributed by atoms with E-state index in [-0.39, 0.29) is 0 Å². The average molecular weight is 208 g/mol. The number of rotatable bonds is 2. The first-order valence-corrected chi connectivity index (χ1v) is 5.53. The Balaban J connectivity index is 1.94. The van der Waals surface area contributed by atoms with E-state index in [9.17, 15) is 5.11 Å². The van der Waals surface area contributed by atoms with Crippen molar-refractivity contribution in [1.82, 2.24) is 5.32 Å². The Morgan fingerprint density at radius 2 is 2.29 bits per heavy atom. The van der Waals surface area contributed by atoms with Crippen LogP contribution < -0.4 is 5.32 Å². The van der Waals surface area contributed by atoms with Gasteiger partial charge in [0.15, 0.2) is 5.17 Å². The van der Waals surface area contributed by atoms with Crippen LogP contribution in [0.1, 0.15) is 5.56 Å². The van der Waals surface area contributed by atoms with Gasteiger partial charge >= 0.3 is 0 Å². The second kappa shape index (κ2) is 4.37. The third kappa shape index (κ3) is 2.20. The van der Waals surface area contributed by atoms with E-state index in [0.717, 1.165) is 23.0 Å². The number of aromatic hydroxyl groups is 1. The molecule has 2 N–H and O–H groups in total. The van der Waals surface area contributed by atoms with Crippen LogP contribution in [0.3, 0.4) is 0 Å². The Kier molecular flexibility index (Phi) is 2.93. The molecular formula is C10H12N2OS. The zero-order valence-electron chi connectivity index (χ0n) is 7.73. The predicted molar refractivity (Wildman–Crippen MR) is 59.7 cm³/mol. The summed E-state index contributed by atoms with van der Waals surface area (Å²) in [6, 6.07) is 7.34. The normalized spacial score (nSPS) is 15.3. The lowest BCUT2D eigenvalue weighted by molar-refractivity contribution is 0.467. The van der Waals surface area contributed by atoms with Gasteiger partial charge in [0.05, 0.1) is 6.54 Å². The molecule has 0 spiro atoms. The molecule has 14 heavy (non-hydrogen) atoms. The molecule has 0 fully saturated rings. The number of phenolic OH excluding ortho intramolecular Hbond substituents is 1.